The van der Waals surface area contributed by atoms with Crippen molar-refractivity contribution in [1.82, 2.24) is 14.8 Å². The van der Waals surface area contributed by atoms with Crippen molar-refractivity contribution in [3.05, 3.63) is 30.6 Å². The van der Waals surface area contributed by atoms with Gasteiger partial charge in [0.1, 0.15) is 6.33 Å². The molecule has 0 radical (unpaired) electrons. The van der Waals surface area contributed by atoms with Gasteiger partial charge in [-0.3, -0.25) is 8.78 Å². The Morgan fingerprint density at radius 1 is 1.25 bits per heavy atom. The summed E-state index contributed by atoms with van der Waals surface area (Å²) >= 11 is 0. The molecule has 0 fully saturated rings. The summed E-state index contributed by atoms with van der Waals surface area (Å²) in [7, 11) is -6.01. The van der Waals surface area contributed by atoms with E-state index in [4.69, 9.17) is 0 Å². The fourth-order valence-corrected chi connectivity index (χ4v) is 2.81. The van der Waals surface area contributed by atoms with Crippen molar-refractivity contribution in [2.24, 2.45) is 0 Å². The summed E-state index contributed by atoms with van der Waals surface area (Å²) in [6, 6.07) is 4.74. The molecule has 1 aromatic heterocycles. The lowest BCUT2D eigenvalue weighted by Gasteiger charge is -2.06. The van der Waals surface area contributed by atoms with E-state index in [9.17, 15) is 21.4 Å². The SMILES string of the molecule is C[S@](=O)c1nncn1-c1ccc(S(=O)(=O)C(F)F)cc1. The van der Waals surface area contributed by atoms with Crippen LogP contribution in [0.4, 0.5) is 8.78 Å². The Balaban J connectivity index is 2.43. The highest BCUT2D eigenvalue weighted by molar-refractivity contribution is 7.91. The van der Waals surface area contributed by atoms with E-state index in [2.05, 4.69) is 10.2 Å². The maximum absolute atomic E-state index is 12.4. The molecule has 2 aromatic rings. The highest BCUT2D eigenvalue weighted by Gasteiger charge is 2.26. The molecule has 108 valence electrons. The van der Waals surface area contributed by atoms with Gasteiger partial charge in [-0.05, 0) is 24.3 Å². The second-order valence-electron chi connectivity index (χ2n) is 3.74. The van der Waals surface area contributed by atoms with Gasteiger partial charge in [0.15, 0.2) is 0 Å². The number of alkyl halides is 2. The maximum atomic E-state index is 12.4. The van der Waals surface area contributed by atoms with Crippen molar-refractivity contribution in [2.75, 3.05) is 6.26 Å². The Bertz CT molecular complexity index is 741. The number of rotatable bonds is 4. The van der Waals surface area contributed by atoms with E-state index in [-0.39, 0.29) is 5.16 Å². The van der Waals surface area contributed by atoms with Gasteiger partial charge in [0.25, 0.3) is 0 Å². The van der Waals surface area contributed by atoms with Gasteiger partial charge in [-0.15, -0.1) is 10.2 Å². The minimum atomic E-state index is -4.62. The number of halogens is 2. The Hall–Kier alpha value is -1.68. The molecule has 1 heterocycles. The van der Waals surface area contributed by atoms with E-state index in [1.54, 1.807) is 0 Å². The first kappa shape index (κ1) is 14.7. The zero-order valence-electron chi connectivity index (χ0n) is 10.1. The molecule has 0 saturated heterocycles. The van der Waals surface area contributed by atoms with Gasteiger partial charge in [0.05, 0.1) is 15.7 Å². The molecule has 0 aliphatic carbocycles. The van der Waals surface area contributed by atoms with Crippen LogP contribution in [-0.2, 0) is 20.6 Å². The largest absolute Gasteiger partial charge is 0.341 e. The molecule has 0 saturated carbocycles. The fraction of sp³-hybridized carbons (Fsp3) is 0.200. The van der Waals surface area contributed by atoms with E-state index in [1.165, 1.54) is 29.3 Å². The average Bonchev–Trinajstić information content (AvgIpc) is 2.88. The van der Waals surface area contributed by atoms with E-state index in [1.807, 2.05) is 0 Å². The van der Waals surface area contributed by atoms with Crippen LogP contribution in [0.3, 0.4) is 0 Å². The number of hydrogen-bond acceptors (Lipinski definition) is 5. The van der Waals surface area contributed by atoms with E-state index in [0.717, 1.165) is 12.1 Å². The molecule has 6 nitrogen and oxygen atoms in total. The number of benzene rings is 1. The van der Waals surface area contributed by atoms with E-state index < -0.39 is 31.3 Å². The fourth-order valence-electron chi connectivity index (χ4n) is 1.50. The van der Waals surface area contributed by atoms with Crippen molar-refractivity contribution in [3.63, 3.8) is 0 Å². The van der Waals surface area contributed by atoms with Gasteiger partial charge in [-0.2, -0.15) is 8.78 Å². The molecule has 1 aromatic carbocycles. The maximum Gasteiger partial charge on any atom is 0.341 e. The minimum Gasteiger partial charge on any atom is -0.275 e. The summed E-state index contributed by atoms with van der Waals surface area (Å²) in [5.41, 5.74) is 0.424. The third-order valence-corrected chi connectivity index (χ3v) is 4.64. The van der Waals surface area contributed by atoms with Crippen LogP contribution >= 0.6 is 0 Å². The molecule has 0 N–H and O–H groups in total. The van der Waals surface area contributed by atoms with E-state index in [0.29, 0.717) is 5.69 Å². The van der Waals surface area contributed by atoms with Crippen molar-refractivity contribution in [1.29, 1.82) is 0 Å². The Labute approximate surface area is 115 Å². The molecule has 0 spiro atoms. The summed E-state index contributed by atoms with van der Waals surface area (Å²) in [6.07, 6.45) is 2.71. The zero-order chi connectivity index (χ0) is 14.9. The lowest BCUT2D eigenvalue weighted by Crippen LogP contribution is -2.11. The van der Waals surface area contributed by atoms with Gasteiger partial charge in [0.2, 0.25) is 15.0 Å². The zero-order valence-corrected chi connectivity index (χ0v) is 11.7. The summed E-state index contributed by atoms with van der Waals surface area (Å²) in [4.78, 5) is -0.483. The Kier molecular flexibility index (Phi) is 3.95. The second-order valence-corrected chi connectivity index (χ2v) is 6.93. The van der Waals surface area contributed by atoms with Crippen LogP contribution in [0.2, 0.25) is 0 Å². The quantitative estimate of drug-likeness (QED) is 0.839. The number of sulfone groups is 1. The van der Waals surface area contributed by atoms with Gasteiger partial charge in [-0.25, -0.2) is 8.42 Å². The molecule has 0 unspecified atom stereocenters. The average molecular weight is 321 g/mol. The van der Waals surface area contributed by atoms with Crippen molar-refractivity contribution in [3.8, 4) is 5.69 Å². The van der Waals surface area contributed by atoms with Crippen LogP contribution in [-0.4, -0.2) is 39.4 Å². The first-order valence-corrected chi connectivity index (χ1v) is 8.30. The molecule has 10 heteroatoms. The monoisotopic (exact) mass is 321 g/mol. The molecular formula is C10H9F2N3O3S2. The third-order valence-electron chi connectivity index (χ3n) is 2.45. The predicted molar refractivity (Wildman–Crippen MR) is 66.9 cm³/mol. The van der Waals surface area contributed by atoms with Gasteiger partial charge < -0.3 is 0 Å². The molecule has 2 rings (SSSR count). The molecule has 0 amide bonds. The summed E-state index contributed by atoms with van der Waals surface area (Å²) in [6.45, 7) is 0. The molecular weight excluding hydrogens is 312 g/mol. The summed E-state index contributed by atoms with van der Waals surface area (Å²) in [5.74, 6) is -3.47. The van der Waals surface area contributed by atoms with Crippen LogP contribution in [0.25, 0.3) is 5.69 Å². The van der Waals surface area contributed by atoms with Crippen LogP contribution in [0.1, 0.15) is 0 Å². The van der Waals surface area contributed by atoms with Crippen LogP contribution < -0.4 is 0 Å². The first-order valence-electron chi connectivity index (χ1n) is 5.20. The Morgan fingerprint density at radius 3 is 2.35 bits per heavy atom. The van der Waals surface area contributed by atoms with Crippen molar-refractivity contribution in [2.45, 2.75) is 15.8 Å². The first-order chi connectivity index (χ1) is 9.34. The van der Waals surface area contributed by atoms with Crippen LogP contribution in [0, 0.1) is 0 Å². The molecule has 0 bridgehead atoms. The molecule has 1 atom stereocenters. The lowest BCUT2D eigenvalue weighted by atomic mass is 10.3. The van der Waals surface area contributed by atoms with E-state index >= 15 is 0 Å². The minimum absolute atomic E-state index is 0.175. The smallest absolute Gasteiger partial charge is 0.275 e. The predicted octanol–water partition coefficient (Wildman–Crippen LogP) is 1.00. The van der Waals surface area contributed by atoms with Crippen molar-refractivity contribution >= 4 is 20.6 Å². The van der Waals surface area contributed by atoms with Crippen LogP contribution in [0.15, 0.2) is 40.6 Å². The molecule has 0 aliphatic rings. The van der Waals surface area contributed by atoms with Gasteiger partial charge >= 0.3 is 5.76 Å². The summed E-state index contributed by atoms with van der Waals surface area (Å²) in [5, 5.41) is 7.44. The highest BCUT2D eigenvalue weighted by Crippen LogP contribution is 2.20. The normalized spacial score (nSPS) is 13.6. The third kappa shape index (κ3) is 2.61. The van der Waals surface area contributed by atoms with Gasteiger partial charge in [-0.1, -0.05) is 0 Å². The van der Waals surface area contributed by atoms with Crippen molar-refractivity contribution < 1.29 is 21.4 Å². The second kappa shape index (κ2) is 5.37. The topological polar surface area (TPSA) is 81.9 Å². The number of hydrogen-bond donors (Lipinski definition) is 0. The molecule has 20 heavy (non-hydrogen) atoms. The highest BCUT2D eigenvalue weighted by atomic mass is 32.2. The number of aromatic nitrogens is 3. The van der Waals surface area contributed by atoms with Gasteiger partial charge in [0, 0.05) is 11.9 Å². The Morgan fingerprint density at radius 2 is 1.85 bits per heavy atom. The molecule has 0 aliphatic heterocycles. The standard InChI is InChI=1S/C10H9F2N3O3S2/c1-19(16)10-14-13-6-15(10)7-2-4-8(5-3-7)20(17,18)9(11)12/h2-6,9H,1H3/t19-/m0/s1. The van der Waals surface area contributed by atoms with Crippen LogP contribution in [0.5, 0.6) is 0 Å². The number of nitrogens with zero attached hydrogens (tertiary/aromatic N) is 3. The lowest BCUT2D eigenvalue weighted by molar-refractivity contribution is 0.234. The summed E-state index contributed by atoms with van der Waals surface area (Å²) < 4.78 is 60.1.